The first-order valence-corrected chi connectivity index (χ1v) is 13.9. The van der Waals surface area contributed by atoms with Gasteiger partial charge < -0.3 is 10.1 Å². The Bertz CT molecular complexity index is 1460. The van der Waals surface area contributed by atoms with Gasteiger partial charge in [-0.3, -0.25) is 19.3 Å². The van der Waals surface area contributed by atoms with E-state index in [-0.39, 0.29) is 28.7 Å². The van der Waals surface area contributed by atoms with Gasteiger partial charge in [0, 0.05) is 17.5 Å². The fourth-order valence-corrected chi connectivity index (χ4v) is 6.94. The summed E-state index contributed by atoms with van der Waals surface area (Å²) < 4.78 is 5.35. The van der Waals surface area contributed by atoms with Crippen LogP contribution in [0.25, 0.3) is 0 Å². The van der Waals surface area contributed by atoms with Crippen LogP contribution >= 0.6 is 23.2 Å². The van der Waals surface area contributed by atoms with Crippen LogP contribution in [0.1, 0.15) is 47.9 Å². The third-order valence-electron chi connectivity index (χ3n) is 8.18. The van der Waals surface area contributed by atoms with Crippen molar-refractivity contribution in [2.45, 2.75) is 31.7 Å². The second kappa shape index (κ2) is 10.1. The highest BCUT2D eigenvalue weighted by molar-refractivity contribution is 6.42. The third kappa shape index (κ3) is 4.11. The summed E-state index contributed by atoms with van der Waals surface area (Å²) in [7, 11) is 0. The number of esters is 1. The van der Waals surface area contributed by atoms with Gasteiger partial charge in [0.1, 0.15) is 6.04 Å². The van der Waals surface area contributed by atoms with E-state index in [1.165, 1.54) is 12.1 Å². The molecule has 1 fully saturated rings. The fourth-order valence-electron chi connectivity index (χ4n) is 6.64. The van der Waals surface area contributed by atoms with Gasteiger partial charge in [0.15, 0.2) is 6.61 Å². The van der Waals surface area contributed by atoms with Gasteiger partial charge in [0.25, 0.3) is 5.91 Å². The van der Waals surface area contributed by atoms with Crippen molar-refractivity contribution in [1.29, 1.82) is 0 Å². The van der Waals surface area contributed by atoms with Crippen LogP contribution in [0.2, 0.25) is 10.0 Å². The molecule has 0 saturated carbocycles. The van der Waals surface area contributed by atoms with E-state index in [1.54, 1.807) is 19.9 Å². The van der Waals surface area contributed by atoms with Crippen LogP contribution in [-0.4, -0.2) is 41.2 Å². The summed E-state index contributed by atoms with van der Waals surface area (Å²) in [5.74, 6) is -4.32. The summed E-state index contributed by atoms with van der Waals surface area (Å²) in [6, 6.07) is 19.3. The van der Waals surface area contributed by atoms with E-state index in [2.05, 4.69) is 5.32 Å². The second-order valence-electron chi connectivity index (χ2n) is 10.8. The molecule has 3 aromatic rings. The van der Waals surface area contributed by atoms with E-state index in [4.69, 9.17) is 27.9 Å². The van der Waals surface area contributed by atoms with Crippen LogP contribution in [0.4, 0.5) is 5.69 Å². The first-order chi connectivity index (χ1) is 19.2. The number of hydrogen-bond acceptors (Lipinski definition) is 5. The number of anilines is 1. The third-order valence-corrected chi connectivity index (χ3v) is 8.92. The highest BCUT2D eigenvalue weighted by atomic mass is 35.5. The lowest BCUT2D eigenvalue weighted by Crippen LogP contribution is -2.49. The van der Waals surface area contributed by atoms with Crippen molar-refractivity contribution in [3.63, 3.8) is 0 Å². The summed E-state index contributed by atoms with van der Waals surface area (Å²) in [4.78, 5) is 55.0. The van der Waals surface area contributed by atoms with Crippen molar-refractivity contribution in [2.75, 3.05) is 11.9 Å². The average Bonchev–Trinajstić information content (AvgIpc) is 3.20. The number of hydrogen-bond donors (Lipinski definition) is 1. The van der Waals surface area contributed by atoms with Crippen molar-refractivity contribution in [3.8, 4) is 0 Å². The van der Waals surface area contributed by atoms with Gasteiger partial charge in [-0.1, -0.05) is 85.6 Å². The molecule has 204 valence electrons. The number of nitrogens with zero attached hydrogens (tertiary/aromatic N) is 1. The molecule has 3 amide bonds. The standard InChI is InChI=1S/C31H26Cl2N2O5/c1-15(2)28(31(39)40-14-23(36)34-16-11-12-21(32)22(33)13-16)35-29(37)26-24-17-7-3-4-8-18(17)25(27(26)30(35)38)20-10-6-5-9-19(20)24/h3-13,15,24-28H,14H2,1-2H3,(H,34,36)/t24?,25?,26-,27+,28-/m0/s1. The number of halogens is 2. The molecule has 1 saturated heterocycles. The van der Waals surface area contributed by atoms with Crippen LogP contribution in [-0.2, 0) is 23.9 Å². The van der Waals surface area contributed by atoms with Gasteiger partial charge in [0.2, 0.25) is 11.8 Å². The molecule has 1 N–H and O–H groups in total. The molecule has 0 radical (unpaired) electrons. The molecule has 2 bridgehead atoms. The number of amides is 3. The van der Waals surface area contributed by atoms with Crippen molar-refractivity contribution < 1.29 is 23.9 Å². The van der Waals surface area contributed by atoms with Gasteiger partial charge in [-0.25, -0.2) is 4.79 Å². The van der Waals surface area contributed by atoms with Gasteiger partial charge in [-0.2, -0.15) is 0 Å². The number of carbonyl (C=O) groups excluding carboxylic acids is 4. The molecule has 3 atom stereocenters. The van der Waals surface area contributed by atoms with Crippen molar-refractivity contribution in [3.05, 3.63) is 99.0 Å². The molecule has 3 aromatic carbocycles. The molecular formula is C31H26Cl2N2O5. The van der Waals surface area contributed by atoms with Gasteiger partial charge in [-0.05, 0) is 46.4 Å². The first-order valence-electron chi connectivity index (χ1n) is 13.1. The fraction of sp³-hybridized carbons (Fsp3) is 0.290. The van der Waals surface area contributed by atoms with E-state index >= 15 is 0 Å². The molecule has 1 heterocycles. The number of carbonyl (C=O) groups is 4. The van der Waals surface area contributed by atoms with E-state index in [9.17, 15) is 19.2 Å². The van der Waals surface area contributed by atoms with E-state index < -0.39 is 42.3 Å². The molecule has 1 aliphatic heterocycles. The molecular weight excluding hydrogens is 551 g/mol. The maximum atomic E-state index is 14.0. The normalized spacial score (nSPS) is 23.0. The largest absolute Gasteiger partial charge is 0.454 e. The summed E-state index contributed by atoms with van der Waals surface area (Å²) in [6.07, 6.45) is 0. The highest BCUT2D eigenvalue weighted by Gasteiger charge is 2.63. The minimum atomic E-state index is -1.16. The van der Waals surface area contributed by atoms with E-state index in [0.717, 1.165) is 27.2 Å². The SMILES string of the molecule is CC(C)[C@@H](C(=O)OCC(=O)Nc1ccc(Cl)c(Cl)c1)N1C(=O)[C@@H]2C3c4ccccc4C(c4ccccc43)[C@@H]2C1=O. The Kier molecular flexibility index (Phi) is 6.67. The smallest absolute Gasteiger partial charge is 0.330 e. The number of imide groups is 1. The zero-order valence-corrected chi connectivity index (χ0v) is 23.3. The number of likely N-dealkylation sites (tertiary alicyclic amines) is 1. The molecule has 0 aromatic heterocycles. The molecule has 7 rings (SSSR count). The Morgan fingerprint density at radius 2 is 1.32 bits per heavy atom. The zero-order chi connectivity index (χ0) is 28.3. The lowest BCUT2D eigenvalue weighted by molar-refractivity contribution is -0.162. The Hall–Kier alpha value is -3.68. The second-order valence-corrected chi connectivity index (χ2v) is 11.6. The minimum absolute atomic E-state index is 0.266. The predicted molar refractivity (Wildman–Crippen MR) is 150 cm³/mol. The molecule has 3 aliphatic carbocycles. The predicted octanol–water partition coefficient (Wildman–Crippen LogP) is 5.39. The molecule has 4 aliphatic rings. The Balaban J connectivity index is 1.25. The van der Waals surface area contributed by atoms with Crippen LogP contribution in [0.15, 0.2) is 66.7 Å². The monoisotopic (exact) mass is 576 g/mol. The quantitative estimate of drug-likeness (QED) is 0.313. The summed E-state index contributed by atoms with van der Waals surface area (Å²) >= 11 is 11.9. The summed E-state index contributed by atoms with van der Waals surface area (Å²) in [5.41, 5.74) is 4.60. The van der Waals surface area contributed by atoms with Crippen molar-refractivity contribution in [2.24, 2.45) is 17.8 Å². The van der Waals surface area contributed by atoms with Crippen molar-refractivity contribution >= 4 is 52.6 Å². The molecule has 9 heteroatoms. The lowest BCUT2D eigenvalue weighted by atomic mass is 9.55. The number of nitrogens with one attached hydrogen (secondary N) is 1. The Labute approximate surface area is 241 Å². The van der Waals surface area contributed by atoms with Crippen LogP contribution < -0.4 is 5.32 Å². The molecule has 0 spiro atoms. The first kappa shape index (κ1) is 26.5. The van der Waals surface area contributed by atoms with Gasteiger partial charge in [-0.15, -0.1) is 0 Å². The molecule has 0 unspecified atom stereocenters. The van der Waals surface area contributed by atoms with Gasteiger partial charge >= 0.3 is 5.97 Å². The van der Waals surface area contributed by atoms with Crippen molar-refractivity contribution in [1.82, 2.24) is 4.90 Å². The maximum Gasteiger partial charge on any atom is 0.330 e. The minimum Gasteiger partial charge on any atom is -0.454 e. The Morgan fingerprint density at radius 1 is 0.825 bits per heavy atom. The molecule has 40 heavy (non-hydrogen) atoms. The topological polar surface area (TPSA) is 92.8 Å². The molecule has 7 nitrogen and oxygen atoms in total. The van der Waals surface area contributed by atoms with Crippen LogP contribution in [0, 0.1) is 17.8 Å². The highest BCUT2D eigenvalue weighted by Crippen LogP contribution is 2.61. The number of benzene rings is 3. The van der Waals surface area contributed by atoms with E-state index in [1.807, 2.05) is 48.5 Å². The lowest BCUT2D eigenvalue weighted by Gasteiger charge is -2.45. The van der Waals surface area contributed by atoms with Crippen LogP contribution in [0.5, 0.6) is 0 Å². The maximum absolute atomic E-state index is 14.0. The summed E-state index contributed by atoms with van der Waals surface area (Å²) in [5, 5.41) is 3.20. The van der Waals surface area contributed by atoms with Gasteiger partial charge in [0.05, 0.1) is 21.9 Å². The zero-order valence-electron chi connectivity index (χ0n) is 21.8. The number of ether oxygens (including phenoxy) is 1. The Morgan fingerprint density at radius 3 is 1.77 bits per heavy atom. The summed E-state index contributed by atoms with van der Waals surface area (Å²) in [6.45, 7) is 2.91. The number of rotatable bonds is 6. The van der Waals surface area contributed by atoms with E-state index in [0.29, 0.717) is 10.7 Å². The van der Waals surface area contributed by atoms with Crippen LogP contribution in [0.3, 0.4) is 0 Å². The average molecular weight is 577 g/mol.